The van der Waals surface area contributed by atoms with E-state index in [-0.39, 0.29) is 29.6 Å². The summed E-state index contributed by atoms with van der Waals surface area (Å²) < 4.78 is 6.08. The van der Waals surface area contributed by atoms with Crippen LogP contribution in [0.2, 0.25) is 0 Å². The van der Waals surface area contributed by atoms with Crippen molar-refractivity contribution in [2.24, 2.45) is 17.8 Å². The van der Waals surface area contributed by atoms with Crippen molar-refractivity contribution in [3.05, 3.63) is 89.7 Å². The molecule has 1 heterocycles. The number of carbonyl (C=O) groups is 2. The Labute approximate surface area is 200 Å². The van der Waals surface area contributed by atoms with Crippen LogP contribution in [0.1, 0.15) is 44.1 Å². The summed E-state index contributed by atoms with van der Waals surface area (Å²) in [6.07, 6.45) is 3.39. The predicted molar refractivity (Wildman–Crippen MR) is 133 cm³/mol. The molecular weight excluding hydrogens is 422 g/mol. The number of hydrogen-bond donors (Lipinski definition) is 0. The minimum atomic E-state index is -0.335. The molecule has 2 amide bonds. The molecular formula is C30H29NO3. The van der Waals surface area contributed by atoms with Gasteiger partial charge in [-0.1, -0.05) is 60.7 Å². The highest BCUT2D eigenvalue weighted by Gasteiger charge is 2.56. The molecule has 4 atom stereocenters. The third kappa shape index (κ3) is 3.35. The number of ether oxygens (including phenoxy) is 1. The number of nitrogens with zero attached hydrogens (tertiary/aromatic N) is 1. The molecule has 3 aliphatic rings. The zero-order valence-electron chi connectivity index (χ0n) is 19.4. The summed E-state index contributed by atoms with van der Waals surface area (Å²) in [5.74, 6) is 0.628. The number of amides is 2. The normalized spacial score (nSPS) is 26.6. The van der Waals surface area contributed by atoms with Gasteiger partial charge in [-0.2, -0.15) is 0 Å². The second-order valence-electron chi connectivity index (χ2n) is 9.75. The van der Waals surface area contributed by atoms with Crippen LogP contribution in [0, 0.1) is 17.8 Å². The third-order valence-electron chi connectivity index (χ3n) is 8.00. The first-order chi connectivity index (χ1) is 16.7. The molecule has 0 unspecified atom stereocenters. The molecule has 0 radical (unpaired) electrons. The monoisotopic (exact) mass is 451 g/mol. The quantitative estimate of drug-likeness (QED) is 0.442. The van der Waals surface area contributed by atoms with Crippen LogP contribution in [0.15, 0.2) is 84.1 Å². The average molecular weight is 452 g/mol. The van der Waals surface area contributed by atoms with Crippen LogP contribution in [0.25, 0.3) is 10.8 Å². The number of para-hydroxylation sites is 1. The lowest BCUT2D eigenvalue weighted by Gasteiger charge is -2.40. The van der Waals surface area contributed by atoms with Gasteiger partial charge in [-0.05, 0) is 72.1 Å². The van der Waals surface area contributed by atoms with Crippen molar-refractivity contribution >= 4 is 28.3 Å². The maximum Gasteiger partial charge on any atom is 0.238 e. The van der Waals surface area contributed by atoms with E-state index in [9.17, 15) is 9.59 Å². The van der Waals surface area contributed by atoms with E-state index in [4.69, 9.17) is 4.74 Å². The summed E-state index contributed by atoms with van der Waals surface area (Å²) in [5.41, 5.74) is 3.28. The van der Waals surface area contributed by atoms with E-state index < -0.39 is 0 Å². The lowest BCUT2D eigenvalue weighted by Crippen LogP contribution is -2.37. The van der Waals surface area contributed by atoms with Gasteiger partial charge >= 0.3 is 0 Å². The Morgan fingerprint density at radius 2 is 1.65 bits per heavy atom. The van der Waals surface area contributed by atoms with Gasteiger partial charge < -0.3 is 4.74 Å². The molecule has 0 spiro atoms. The molecule has 0 bridgehead atoms. The first-order valence-electron chi connectivity index (χ1n) is 12.4. The third-order valence-corrected chi connectivity index (χ3v) is 8.00. The SMILES string of the molecule is CCOC1=C2CC[C@@H](c3ccc4ccccc4c3)C[C@H]2[C@H]2C(=O)N(c3ccccc3)C(=O)[C@H]2C1. The summed E-state index contributed by atoms with van der Waals surface area (Å²) >= 11 is 0. The molecule has 1 saturated heterocycles. The number of allylic oxidation sites excluding steroid dienone is 2. The van der Waals surface area contributed by atoms with Gasteiger partial charge in [0.05, 0.1) is 29.9 Å². The molecule has 1 aliphatic heterocycles. The molecule has 1 saturated carbocycles. The number of rotatable bonds is 4. The largest absolute Gasteiger partial charge is 0.498 e. The van der Waals surface area contributed by atoms with Crippen molar-refractivity contribution in [3.8, 4) is 0 Å². The van der Waals surface area contributed by atoms with Crippen LogP contribution < -0.4 is 4.90 Å². The summed E-state index contributed by atoms with van der Waals surface area (Å²) in [4.78, 5) is 28.7. The first-order valence-corrected chi connectivity index (χ1v) is 12.4. The molecule has 3 aromatic rings. The first kappa shape index (κ1) is 21.2. The highest BCUT2D eigenvalue weighted by Crippen LogP contribution is 2.53. The topological polar surface area (TPSA) is 46.6 Å². The molecule has 34 heavy (non-hydrogen) atoms. The van der Waals surface area contributed by atoms with E-state index in [1.54, 1.807) is 0 Å². The zero-order valence-corrected chi connectivity index (χ0v) is 19.4. The van der Waals surface area contributed by atoms with Crippen LogP contribution >= 0.6 is 0 Å². The van der Waals surface area contributed by atoms with Crippen LogP contribution in [0.3, 0.4) is 0 Å². The van der Waals surface area contributed by atoms with Crippen LogP contribution in [0.4, 0.5) is 5.69 Å². The molecule has 172 valence electrons. The molecule has 0 N–H and O–H groups in total. The van der Waals surface area contributed by atoms with Gasteiger partial charge in [-0.15, -0.1) is 0 Å². The Hall–Kier alpha value is -3.40. The van der Waals surface area contributed by atoms with E-state index in [0.717, 1.165) is 25.0 Å². The molecule has 4 nitrogen and oxygen atoms in total. The van der Waals surface area contributed by atoms with Crippen molar-refractivity contribution in [1.82, 2.24) is 0 Å². The lowest BCUT2D eigenvalue weighted by atomic mass is 9.63. The van der Waals surface area contributed by atoms with Crippen LogP contribution in [-0.2, 0) is 14.3 Å². The maximum absolute atomic E-state index is 13.7. The van der Waals surface area contributed by atoms with Gasteiger partial charge in [0, 0.05) is 6.42 Å². The Morgan fingerprint density at radius 3 is 2.44 bits per heavy atom. The molecule has 3 aromatic carbocycles. The van der Waals surface area contributed by atoms with Gasteiger partial charge in [0.1, 0.15) is 0 Å². The Bertz CT molecular complexity index is 1290. The average Bonchev–Trinajstić information content (AvgIpc) is 3.13. The van der Waals surface area contributed by atoms with E-state index in [1.807, 2.05) is 37.3 Å². The maximum atomic E-state index is 13.7. The number of anilines is 1. The van der Waals surface area contributed by atoms with Gasteiger partial charge in [-0.3, -0.25) is 14.5 Å². The van der Waals surface area contributed by atoms with Crippen LogP contribution in [-0.4, -0.2) is 18.4 Å². The Kier molecular flexibility index (Phi) is 5.24. The minimum Gasteiger partial charge on any atom is -0.498 e. The standard InChI is InChI=1S/C30H29NO3/c1-2-34-27-18-26-28(30(33)31(29(26)32)23-10-4-3-5-11-23)25-17-22(14-15-24(25)27)21-13-12-19-8-6-7-9-20(19)16-21/h3-13,16,22,25-26,28H,2,14-15,17-18H2,1H3/t22-,25-,26+,28-/m1/s1. The molecule has 4 heteroatoms. The summed E-state index contributed by atoms with van der Waals surface area (Å²) in [5, 5.41) is 2.49. The van der Waals surface area contributed by atoms with Crippen molar-refractivity contribution in [1.29, 1.82) is 0 Å². The number of imide groups is 1. The smallest absolute Gasteiger partial charge is 0.238 e. The fourth-order valence-corrected chi connectivity index (χ4v) is 6.46. The molecule has 0 aromatic heterocycles. The van der Waals surface area contributed by atoms with Gasteiger partial charge in [0.2, 0.25) is 11.8 Å². The van der Waals surface area contributed by atoms with Gasteiger partial charge in [0.25, 0.3) is 0 Å². The summed E-state index contributed by atoms with van der Waals surface area (Å²) in [7, 11) is 0. The second kappa shape index (κ2) is 8.43. The van der Waals surface area contributed by atoms with Crippen molar-refractivity contribution in [3.63, 3.8) is 0 Å². The van der Waals surface area contributed by atoms with Crippen molar-refractivity contribution < 1.29 is 14.3 Å². The summed E-state index contributed by atoms with van der Waals surface area (Å²) in [6.45, 7) is 2.58. The van der Waals surface area contributed by atoms with Crippen molar-refractivity contribution in [2.75, 3.05) is 11.5 Å². The van der Waals surface area contributed by atoms with Gasteiger partial charge in [0.15, 0.2) is 0 Å². The number of benzene rings is 3. The van der Waals surface area contributed by atoms with E-state index in [1.165, 1.54) is 26.8 Å². The molecule has 2 aliphatic carbocycles. The van der Waals surface area contributed by atoms with E-state index >= 15 is 0 Å². The summed E-state index contributed by atoms with van der Waals surface area (Å²) in [6, 6.07) is 24.6. The fourth-order valence-electron chi connectivity index (χ4n) is 6.46. The molecule has 2 fully saturated rings. The predicted octanol–water partition coefficient (Wildman–Crippen LogP) is 6.22. The minimum absolute atomic E-state index is 0.0431. The highest BCUT2D eigenvalue weighted by atomic mass is 16.5. The van der Waals surface area contributed by atoms with Gasteiger partial charge in [-0.25, -0.2) is 0 Å². The van der Waals surface area contributed by atoms with E-state index in [0.29, 0.717) is 24.6 Å². The number of fused-ring (bicyclic) bond motifs is 4. The second-order valence-corrected chi connectivity index (χ2v) is 9.75. The molecule has 6 rings (SSSR count). The fraction of sp³-hybridized carbons (Fsp3) is 0.333. The Balaban J connectivity index is 1.37. The number of carbonyl (C=O) groups excluding carboxylic acids is 2. The van der Waals surface area contributed by atoms with Crippen LogP contribution in [0.5, 0.6) is 0 Å². The van der Waals surface area contributed by atoms with Crippen molar-refractivity contribution in [2.45, 2.75) is 38.5 Å². The number of hydrogen-bond acceptors (Lipinski definition) is 3. The lowest BCUT2D eigenvalue weighted by molar-refractivity contribution is -0.123. The zero-order chi connectivity index (χ0) is 23.2. The van der Waals surface area contributed by atoms with E-state index in [2.05, 4.69) is 42.5 Å². The Morgan fingerprint density at radius 1 is 0.882 bits per heavy atom. The highest BCUT2D eigenvalue weighted by molar-refractivity contribution is 6.22.